The van der Waals surface area contributed by atoms with Crippen molar-refractivity contribution in [3.63, 3.8) is 0 Å². The van der Waals surface area contributed by atoms with Crippen molar-refractivity contribution in [2.24, 2.45) is 7.05 Å². The Balaban J connectivity index is 1.97. The van der Waals surface area contributed by atoms with Crippen molar-refractivity contribution < 1.29 is 4.39 Å². The summed E-state index contributed by atoms with van der Waals surface area (Å²) >= 11 is 5.93. The average Bonchev–Trinajstić information content (AvgIpc) is 3.16. The second-order valence-electron chi connectivity index (χ2n) is 7.72. The van der Waals surface area contributed by atoms with E-state index < -0.39 is 5.82 Å². The summed E-state index contributed by atoms with van der Waals surface area (Å²) in [6.45, 7) is 3.44. The largest absolute Gasteiger partial charge is 0.355 e. The summed E-state index contributed by atoms with van der Waals surface area (Å²) in [6, 6.07) is 6.65. The number of benzene rings is 1. The predicted octanol–water partition coefficient (Wildman–Crippen LogP) is 3.24. The van der Waals surface area contributed by atoms with Crippen LogP contribution in [0.25, 0.3) is 22.2 Å². The highest BCUT2D eigenvalue weighted by atomic mass is 35.5. The van der Waals surface area contributed by atoms with Gasteiger partial charge >= 0.3 is 0 Å². The number of likely N-dealkylation sites (N-methyl/N-ethyl adjacent to an activating group) is 1. The van der Waals surface area contributed by atoms with Crippen molar-refractivity contribution in [1.29, 1.82) is 0 Å². The number of aryl methyl sites for hydroxylation is 1. The summed E-state index contributed by atoms with van der Waals surface area (Å²) in [5, 5.41) is 0.605. The fraction of sp³-hybridized carbons (Fsp3) is 0.381. The molecule has 4 rings (SSSR count). The summed E-state index contributed by atoms with van der Waals surface area (Å²) in [5.41, 5.74) is 0.817. The zero-order valence-electron chi connectivity index (χ0n) is 16.9. The van der Waals surface area contributed by atoms with Crippen LogP contribution in [0.15, 0.2) is 29.1 Å². The van der Waals surface area contributed by atoms with E-state index in [2.05, 4.69) is 28.9 Å². The van der Waals surface area contributed by atoms with Crippen LogP contribution in [0.4, 0.5) is 10.2 Å². The Labute approximate surface area is 173 Å². The summed E-state index contributed by atoms with van der Waals surface area (Å²) in [7, 11) is 5.78. The van der Waals surface area contributed by atoms with Gasteiger partial charge in [0.25, 0.3) is 5.56 Å². The minimum atomic E-state index is -0.515. The van der Waals surface area contributed by atoms with Gasteiger partial charge in [0, 0.05) is 42.8 Å². The van der Waals surface area contributed by atoms with E-state index in [-0.39, 0.29) is 11.1 Å². The van der Waals surface area contributed by atoms with Crippen molar-refractivity contribution in [3.05, 3.63) is 51.3 Å². The van der Waals surface area contributed by atoms with Crippen LogP contribution in [-0.2, 0) is 7.05 Å². The summed E-state index contributed by atoms with van der Waals surface area (Å²) in [4.78, 5) is 26.7. The van der Waals surface area contributed by atoms with E-state index in [9.17, 15) is 9.18 Å². The number of anilines is 1. The molecule has 152 valence electrons. The maximum atomic E-state index is 14.8. The van der Waals surface area contributed by atoms with Gasteiger partial charge in [0.1, 0.15) is 17.5 Å². The molecule has 1 aromatic carbocycles. The summed E-state index contributed by atoms with van der Waals surface area (Å²) in [5.74, 6) is 0.778. The predicted molar refractivity (Wildman–Crippen MR) is 114 cm³/mol. The lowest BCUT2D eigenvalue weighted by molar-refractivity contribution is 0.315. The maximum absolute atomic E-state index is 14.8. The van der Waals surface area contributed by atoms with Gasteiger partial charge in [-0.3, -0.25) is 9.36 Å². The molecule has 0 aliphatic carbocycles. The molecular weight excluding hydrogens is 393 g/mol. The Morgan fingerprint density at radius 1 is 1.24 bits per heavy atom. The molecule has 3 aromatic rings. The van der Waals surface area contributed by atoms with Gasteiger partial charge in [-0.2, -0.15) is 0 Å². The first-order chi connectivity index (χ1) is 13.8. The highest BCUT2D eigenvalue weighted by Crippen LogP contribution is 2.32. The molecule has 0 saturated carbocycles. The lowest BCUT2D eigenvalue weighted by Gasteiger charge is -2.22. The summed E-state index contributed by atoms with van der Waals surface area (Å²) in [6.07, 6.45) is 1.01. The monoisotopic (exact) mass is 415 g/mol. The van der Waals surface area contributed by atoms with E-state index in [1.165, 1.54) is 10.6 Å². The van der Waals surface area contributed by atoms with Crippen molar-refractivity contribution in [2.75, 3.05) is 32.1 Å². The van der Waals surface area contributed by atoms with Crippen molar-refractivity contribution in [3.8, 4) is 11.3 Å². The number of rotatable bonds is 3. The van der Waals surface area contributed by atoms with Crippen LogP contribution in [0.1, 0.15) is 12.2 Å². The molecule has 0 bridgehead atoms. The Morgan fingerprint density at radius 3 is 2.66 bits per heavy atom. The van der Waals surface area contributed by atoms with Gasteiger partial charge in [-0.15, -0.1) is 0 Å². The fourth-order valence-corrected chi connectivity index (χ4v) is 3.95. The molecule has 6 nitrogen and oxygen atoms in total. The molecule has 1 aliphatic heterocycles. The number of aromatic nitrogens is 3. The molecule has 0 amide bonds. The van der Waals surface area contributed by atoms with Crippen LogP contribution >= 0.6 is 11.6 Å². The lowest BCUT2D eigenvalue weighted by atomic mass is 10.1. The fourth-order valence-electron chi connectivity index (χ4n) is 3.79. The van der Waals surface area contributed by atoms with Gasteiger partial charge in [-0.1, -0.05) is 11.6 Å². The second-order valence-corrected chi connectivity index (χ2v) is 8.16. The van der Waals surface area contributed by atoms with Gasteiger partial charge in [-0.05, 0) is 45.6 Å². The van der Waals surface area contributed by atoms with Gasteiger partial charge < -0.3 is 9.80 Å². The smallest absolute Gasteiger partial charge is 0.263 e. The van der Waals surface area contributed by atoms with E-state index >= 15 is 0 Å². The minimum Gasteiger partial charge on any atom is -0.355 e. The highest BCUT2D eigenvalue weighted by molar-refractivity contribution is 6.30. The Hall–Kier alpha value is -2.51. The first-order valence-corrected chi connectivity index (χ1v) is 9.89. The first kappa shape index (κ1) is 19.8. The maximum Gasteiger partial charge on any atom is 0.263 e. The third kappa shape index (κ3) is 3.49. The van der Waals surface area contributed by atoms with E-state index in [1.54, 1.807) is 26.1 Å². The third-order valence-electron chi connectivity index (χ3n) is 5.68. The zero-order valence-corrected chi connectivity index (χ0v) is 17.7. The molecular formula is C21H23ClFN5O. The van der Waals surface area contributed by atoms with Crippen molar-refractivity contribution in [1.82, 2.24) is 19.4 Å². The molecule has 0 radical (unpaired) electrons. The first-order valence-electron chi connectivity index (χ1n) is 9.51. The van der Waals surface area contributed by atoms with E-state index in [0.717, 1.165) is 19.5 Å². The van der Waals surface area contributed by atoms with Crippen molar-refractivity contribution >= 4 is 28.3 Å². The molecule has 1 atom stereocenters. The number of hydrogen-bond donors (Lipinski definition) is 0. The number of nitrogens with zero attached hydrogens (tertiary/aromatic N) is 5. The minimum absolute atomic E-state index is 0.243. The Bertz CT molecular complexity index is 1160. The molecule has 2 aromatic heterocycles. The number of pyridine rings is 1. The zero-order chi connectivity index (χ0) is 20.9. The molecule has 29 heavy (non-hydrogen) atoms. The SMILES string of the molecule is Cc1nc2cc(N3CC[C@@H](N(C)C)C3)nc(-c3ccc(Cl)cc3F)c2c(=O)n1C. The molecule has 1 saturated heterocycles. The third-order valence-corrected chi connectivity index (χ3v) is 5.91. The standard InChI is InChI=1S/C21H23ClFN5O/c1-12-24-17-10-18(28-8-7-14(11-28)26(2)3)25-20(19(17)21(29)27(12)4)15-6-5-13(22)9-16(15)23/h5-6,9-10,14H,7-8,11H2,1-4H3/t14-/m1/s1. The van der Waals surface area contributed by atoms with Crippen LogP contribution in [0.5, 0.6) is 0 Å². The molecule has 1 aliphatic rings. The number of fused-ring (bicyclic) bond motifs is 1. The lowest BCUT2D eigenvalue weighted by Crippen LogP contribution is -2.32. The van der Waals surface area contributed by atoms with Crippen LogP contribution in [0.3, 0.4) is 0 Å². The van der Waals surface area contributed by atoms with Gasteiger partial charge in [0.15, 0.2) is 0 Å². The van der Waals surface area contributed by atoms with Crippen LogP contribution in [0.2, 0.25) is 5.02 Å². The number of hydrogen-bond acceptors (Lipinski definition) is 5. The molecule has 0 spiro atoms. The molecule has 1 fully saturated rings. The van der Waals surface area contributed by atoms with Crippen LogP contribution in [-0.4, -0.2) is 52.7 Å². The van der Waals surface area contributed by atoms with Crippen molar-refractivity contribution in [2.45, 2.75) is 19.4 Å². The van der Waals surface area contributed by atoms with Gasteiger partial charge in [0.2, 0.25) is 0 Å². The highest BCUT2D eigenvalue weighted by Gasteiger charge is 2.27. The molecule has 0 unspecified atom stereocenters. The molecule has 8 heteroatoms. The van der Waals surface area contributed by atoms with E-state index in [0.29, 0.717) is 39.3 Å². The van der Waals surface area contributed by atoms with E-state index in [1.807, 2.05) is 6.07 Å². The average molecular weight is 416 g/mol. The molecule has 3 heterocycles. The Morgan fingerprint density at radius 2 is 2.00 bits per heavy atom. The second kappa shape index (κ2) is 7.39. The number of halogens is 2. The Kier molecular flexibility index (Phi) is 5.04. The van der Waals surface area contributed by atoms with E-state index in [4.69, 9.17) is 16.6 Å². The summed E-state index contributed by atoms with van der Waals surface area (Å²) < 4.78 is 16.2. The van der Waals surface area contributed by atoms with Crippen LogP contribution in [0, 0.1) is 12.7 Å². The normalized spacial score (nSPS) is 16.9. The van der Waals surface area contributed by atoms with Crippen LogP contribution < -0.4 is 10.5 Å². The van der Waals surface area contributed by atoms with Gasteiger partial charge in [0.05, 0.1) is 16.6 Å². The van der Waals surface area contributed by atoms with Gasteiger partial charge in [-0.25, -0.2) is 14.4 Å². The topological polar surface area (TPSA) is 54.3 Å². The quantitative estimate of drug-likeness (QED) is 0.657. The molecule has 0 N–H and O–H groups in total.